The van der Waals surface area contributed by atoms with E-state index >= 15 is 0 Å². The Bertz CT molecular complexity index is 1070. The van der Waals surface area contributed by atoms with E-state index in [2.05, 4.69) is 29.0 Å². The molecule has 1 amide bonds. The summed E-state index contributed by atoms with van der Waals surface area (Å²) in [6, 6.07) is 20.4. The SMILES string of the molecule is O=C(c1ccc(NS(=O)(=O)c2cccs2)cc1)N1CCC(Cc2ccccc2)CC1. The molecular weight excluding hydrogens is 416 g/mol. The van der Waals surface area contributed by atoms with Crippen LogP contribution in [0.3, 0.4) is 0 Å². The van der Waals surface area contributed by atoms with Crippen LogP contribution in [0.2, 0.25) is 0 Å². The number of carbonyl (C=O) groups is 1. The highest BCUT2D eigenvalue weighted by Gasteiger charge is 2.24. The molecule has 1 N–H and O–H groups in total. The zero-order valence-electron chi connectivity index (χ0n) is 16.5. The van der Waals surface area contributed by atoms with Crippen molar-refractivity contribution in [3.63, 3.8) is 0 Å². The highest BCUT2D eigenvalue weighted by molar-refractivity contribution is 7.94. The molecule has 1 saturated heterocycles. The largest absolute Gasteiger partial charge is 0.339 e. The molecule has 2 aromatic carbocycles. The molecule has 30 heavy (non-hydrogen) atoms. The van der Waals surface area contributed by atoms with Gasteiger partial charge in [0.15, 0.2) is 0 Å². The van der Waals surface area contributed by atoms with Crippen LogP contribution in [0.15, 0.2) is 76.3 Å². The number of amides is 1. The summed E-state index contributed by atoms with van der Waals surface area (Å²) in [6.45, 7) is 1.51. The van der Waals surface area contributed by atoms with Gasteiger partial charge in [0.05, 0.1) is 0 Å². The first-order valence-electron chi connectivity index (χ1n) is 10.0. The van der Waals surface area contributed by atoms with E-state index < -0.39 is 10.0 Å². The number of hydrogen-bond acceptors (Lipinski definition) is 4. The third-order valence-electron chi connectivity index (χ3n) is 5.41. The van der Waals surface area contributed by atoms with Crippen molar-refractivity contribution >= 4 is 33.0 Å². The molecule has 0 aliphatic carbocycles. The van der Waals surface area contributed by atoms with Crippen molar-refractivity contribution in [2.24, 2.45) is 5.92 Å². The summed E-state index contributed by atoms with van der Waals surface area (Å²) < 4.78 is 27.4. The number of sulfonamides is 1. The Kier molecular flexibility index (Phi) is 6.20. The van der Waals surface area contributed by atoms with E-state index in [9.17, 15) is 13.2 Å². The highest BCUT2D eigenvalue weighted by Crippen LogP contribution is 2.24. The smallest absolute Gasteiger partial charge is 0.271 e. The summed E-state index contributed by atoms with van der Waals surface area (Å²) in [7, 11) is -3.58. The van der Waals surface area contributed by atoms with Gasteiger partial charge >= 0.3 is 0 Å². The van der Waals surface area contributed by atoms with Gasteiger partial charge in [-0.2, -0.15) is 0 Å². The van der Waals surface area contributed by atoms with E-state index in [1.165, 1.54) is 16.9 Å². The van der Waals surface area contributed by atoms with Crippen LogP contribution < -0.4 is 4.72 Å². The first-order valence-corrected chi connectivity index (χ1v) is 12.4. The number of thiophene rings is 1. The van der Waals surface area contributed by atoms with E-state index in [4.69, 9.17) is 0 Å². The van der Waals surface area contributed by atoms with Crippen LogP contribution in [-0.2, 0) is 16.4 Å². The molecule has 1 aromatic heterocycles. The topological polar surface area (TPSA) is 66.5 Å². The highest BCUT2D eigenvalue weighted by atomic mass is 32.2. The lowest BCUT2D eigenvalue weighted by molar-refractivity contribution is 0.0690. The number of nitrogens with zero attached hydrogens (tertiary/aromatic N) is 1. The molecule has 2 heterocycles. The second kappa shape index (κ2) is 9.02. The van der Waals surface area contributed by atoms with Crippen LogP contribution in [0, 0.1) is 5.92 Å². The summed E-state index contributed by atoms with van der Waals surface area (Å²) in [5.41, 5.74) is 2.37. The van der Waals surface area contributed by atoms with Crippen LogP contribution in [0.25, 0.3) is 0 Å². The average Bonchev–Trinajstić information content (AvgIpc) is 3.31. The van der Waals surface area contributed by atoms with Crippen LogP contribution in [0.1, 0.15) is 28.8 Å². The monoisotopic (exact) mass is 440 g/mol. The molecule has 0 saturated carbocycles. The molecule has 0 unspecified atom stereocenters. The van der Waals surface area contributed by atoms with E-state index in [1.54, 1.807) is 41.8 Å². The second-order valence-corrected chi connectivity index (χ2v) is 10.4. The van der Waals surface area contributed by atoms with Gasteiger partial charge in [-0.05, 0) is 66.5 Å². The summed E-state index contributed by atoms with van der Waals surface area (Å²) in [5.74, 6) is 0.603. The predicted octanol–water partition coefficient (Wildman–Crippen LogP) is 4.64. The van der Waals surface area contributed by atoms with Gasteiger partial charge in [-0.3, -0.25) is 9.52 Å². The number of nitrogens with one attached hydrogen (secondary N) is 1. The second-order valence-electron chi connectivity index (χ2n) is 7.54. The van der Waals surface area contributed by atoms with Crippen molar-refractivity contribution in [2.75, 3.05) is 17.8 Å². The Labute approximate surface area is 181 Å². The fourth-order valence-corrected chi connectivity index (χ4v) is 5.82. The van der Waals surface area contributed by atoms with Crippen LogP contribution in [0.4, 0.5) is 5.69 Å². The van der Waals surface area contributed by atoms with Crippen molar-refractivity contribution < 1.29 is 13.2 Å². The Hall–Kier alpha value is -2.64. The quantitative estimate of drug-likeness (QED) is 0.607. The third kappa shape index (κ3) is 4.91. The molecule has 0 radical (unpaired) electrons. The van der Waals surface area contributed by atoms with E-state index in [0.29, 0.717) is 17.2 Å². The standard InChI is InChI=1S/C23H24N2O3S2/c26-23(25-14-12-19(13-15-25)17-18-5-2-1-3-6-18)20-8-10-21(11-9-20)24-30(27,28)22-7-4-16-29-22/h1-11,16,19,24H,12-15,17H2. The molecular formula is C23H24N2O3S2. The number of hydrogen-bond donors (Lipinski definition) is 1. The van der Waals surface area contributed by atoms with Crippen molar-refractivity contribution in [2.45, 2.75) is 23.5 Å². The van der Waals surface area contributed by atoms with Gasteiger partial charge in [0.25, 0.3) is 15.9 Å². The molecule has 156 valence electrons. The Morgan fingerprint density at radius 3 is 2.30 bits per heavy atom. The molecule has 4 rings (SSSR count). The first kappa shape index (κ1) is 20.6. The summed E-state index contributed by atoms with van der Waals surface area (Å²) in [4.78, 5) is 14.7. The van der Waals surface area contributed by atoms with Gasteiger partial charge in [0.2, 0.25) is 0 Å². The minimum Gasteiger partial charge on any atom is -0.339 e. The summed E-state index contributed by atoms with van der Waals surface area (Å²) >= 11 is 1.17. The Morgan fingerprint density at radius 1 is 0.967 bits per heavy atom. The molecule has 0 spiro atoms. The number of rotatable bonds is 6. The van der Waals surface area contributed by atoms with Crippen molar-refractivity contribution in [1.29, 1.82) is 0 Å². The van der Waals surface area contributed by atoms with Gasteiger partial charge in [0, 0.05) is 24.3 Å². The molecule has 1 aliphatic heterocycles. The summed E-state index contributed by atoms with van der Waals surface area (Å²) in [5, 5.41) is 1.72. The molecule has 1 fully saturated rings. The maximum atomic E-state index is 12.8. The van der Waals surface area contributed by atoms with Gasteiger partial charge in [0.1, 0.15) is 4.21 Å². The number of anilines is 1. The molecule has 5 nitrogen and oxygen atoms in total. The fraction of sp³-hybridized carbons (Fsp3) is 0.261. The number of likely N-dealkylation sites (tertiary alicyclic amines) is 1. The number of benzene rings is 2. The van der Waals surface area contributed by atoms with Gasteiger partial charge < -0.3 is 4.90 Å². The maximum absolute atomic E-state index is 12.8. The number of piperidine rings is 1. The fourth-order valence-electron chi connectivity index (χ4n) is 3.77. The lowest BCUT2D eigenvalue weighted by atomic mass is 9.90. The normalized spacial score (nSPS) is 15.1. The third-order valence-corrected chi connectivity index (χ3v) is 8.19. The lowest BCUT2D eigenvalue weighted by Gasteiger charge is -2.32. The van der Waals surface area contributed by atoms with E-state index in [0.717, 1.165) is 32.4 Å². The number of carbonyl (C=O) groups excluding carboxylic acids is 1. The maximum Gasteiger partial charge on any atom is 0.271 e. The Morgan fingerprint density at radius 2 is 1.67 bits per heavy atom. The molecule has 3 aromatic rings. The van der Waals surface area contributed by atoms with Crippen molar-refractivity contribution in [3.05, 3.63) is 83.2 Å². The van der Waals surface area contributed by atoms with Gasteiger partial charge in [-0.1, -0.05) is 36.4 Å². The molecule has 7 heteroatoms. The first-order chi connectivity index (χ1) is 14.5. The molecule has 0 bridgehead atoms. The van der Waals surface area contributed by atoms with E-state index in [-0.39, 0.29) is 10.1 Å². The molecule has 0 atom stereocenters. The minimum absolute atomic E-state index is 0.000764. The summed E-state index contributed by atoms with van der Waals surface area (Å²) in [6.07, 6.45) is 3.06. The zero-order valence-corrected chi connectivity index (χ0v) is 18.2. The molecule has 1 aliphatic rings. The average molecular weight is 441 g/mol. The minimum atomic E-state index is -3.58. The van der Waals surface area contributed by atoms with Crippen molar-refractivity contribution in [3.8, 4) is 0 Å². The van der Waals surface area contributed by atoms with Crippen molar-refractivity contribution in [1.82, 2.24) is 4.90 Å². The predicted molar refractivity (Wildman–Crippen MR) is 120 cm³/mol. The zero-order chi connectivity index (χ0) is 21.0. The Balaban J connectivity index is 1.33. The van der Waals surface area contributed by atoms with Crippen LogP contribution >= 0.6 is 11.3 Å². The van der Waals surface area contributed by atoms with Crippen LogP contribution in [-0.4, -0.2) is 32.3 Å². The van der Waals surface area contributed by atoms with E-state index in [1.807, 2.05) is 11.0 Å². The van der Waals surface area contributed by atoms with Crippen LogP contribution in [0.5, 0.6) is 0 Å². The lowest BCUT2D eigenvalue weighted by Crippen LogP contribution is -2.38. The van der Waals surface area contributed by atoms with Gasteiger partial charge in [-0.25, -0.2) is 8.42 Å². The van der Waals surface area contributed by atoms with Gasteiger partial charge in [-0.15, -0.1) is 11.3 Å².